The quantitative estimate of drug-likeness (QED) is 0.794. The van der Waals surface area contributed by atoms with Crippen molar-refractivity contribution < 1.29 is 19.0 Å². The molecule has 1 amide bonds. The molecule has 24 heavy (non-hydrogen) atoms. The lowest BCUT2D eigenvalue weighted by Gasteiger charge is -2.34. The van der Waals surface area contributed by atoms with Gasteiger partial charge in [0, 0.05) is 31.7 Å². The fraction of sp³-hybridized carbons (Fsp3) is 0.588. The van der Waals surface area contributed by atoms with Crippen molar-refractivity contribution in [3.63, 3.8) is 0 Å². The minimum Gasteiger partial charge on any atom is -0.493 e. The van der Waals surface area contributed by atoms with Crippen LogP contribution in [0.3, 0.4) is 0 Å². The first-order chi connectivity index (χ1) is 11.6. The zero-order valence-corrected chi connectivity index (χ0v) is 14.7. The molecule has 0 aliphatic carbocycles. The van der Waals surface area contributed by atoms with E-state index in [1.165, 1.54) is 0 Å². The number of methoxy groups -OCH3 is 3. The SMILES string of the molecule is COc1cc(C(=O)N2CCN(CCCN)CC2)cc(OC)c1OC. The first kappa shape index (κ1) is 18.4. The number of benzene rings is 1. The van der Waals surface area contributed by atoms with E-state index in [0.717, 1.165) is 26.1 Å². The second-order valence-corrected chi connectivity index (χ2v) is 5.69. The lowest BCUT2D eigenvalue weighted by Crippen LogP contribution is -2.49. The van der Waals surface area contributed by atoms with Crippen molar-refractivity contribution in [2.75, 3.05) is 60.6 Å². The monoisotopic (exact) mass is 337 g/mol. The standard InChI is InChI=1S/C17H27N3O4/c1-22-14-11-13(12-15(23-2)16(14)24-3)17(21)20-9-7-19(8-10-20)6-4-5-18/h11-12H,4-10,18H2,1-3H3. The van der Waals surface area contributed by atoms with Crippen molar-refractivity contribution >= 4 is 5.91 Å². The van der Waals surface area contributed by atoms with E-state index < -0.39 is 0 Å². The maximum absolute atomic E-state index is 12.8. The van der Waals surface area contributed by atoms with Crippen molar-refractivity contribution in [2.45, 2.75) is 6.42 Å². The fourth-order valence-corrected chi connectivity index (χ4v) is 2.88. The Kier molecular flexibility index (Phi) is 6.69. The highest BCUT2D eigenvalue weighted by molar-refractivity contribution is 5.95. The Balaban J connectivity index is 2.10. The molecule has 1 aliphatic heterocycles. The molecule has 134 valence electrons. The van der Waals surface area contributed by atoms with Gasteiger partial charge in [-0.2, -0.15) is 0 Å². The van der Waals surface area contributed by atoms with E-state index in [4.69, 9.17) is 19.9 Å². The fourth-order valence-electron chi connectivity index (χ4n) is 2.88. The summed E-state index contributed by atoms with van der Waals surface area (Å²) in [6.07, 6.45) is 0.987. The number of rotatable bonds is 7. The molecular weight excluding hydrogens is 310 g/mol. The van der Waals surface area contributed by atoms with E-state index in [2.05, 4.69) is 4.90 Å². The Labute approximate surface area is 143 Å². The third kappa shape index (κ3) is 4.10. The van der Waals surface area contributed by atoms with Gasteiger partial charge in [0.15, 0.2) is 11.5 Å². The van der Waals surface area contributed by atoms with Crippen LogP contribution < -0.4 is 19.9 Å². The molecule has 2 N–H and O–H groups in total. The summed E-state index contributed by atoms with van der Waals surface area (Å²) in [5.41, 5.74) is 6.09. The van der Waals surface area contributed by atoms with Crippen LogP contribution in [0, 0.1) is 0 Å². The molecule has 1 aliphatic rings. The third-order valence-electron chi connectivity index (χ3n) is 4.25. The molecule has 0 atom stereocenters. The summed E-state index contributed by atoms with van der Waals surface area (Å²) >= 11 is 0. The lowest BCUT2D eigenvalue weighted by atomic mass is 10.1. The molecule has 1 aromatic carbocycles. The molecule has 0 bridgehead atoms. The van der Waals surface area contributed by atoms with Gasteiger partial charge in [0.1, 0.15) is 0 Å². The minimum absolute atomic E-state index is 0.0206. The molecule has 1 aromatic rings. The van der Waals surface area contributed by atoms with Crippen LogP contribution in [0.5, 0.6) is 17.2 Å². The van der Waals surface area contributed by atoms with Gasteiger partial charge in [-0.3, -0.25) is 9.69 Å². The second kappa shape index (κ2) is 8.75. The van der Waals surface area contributed by atoms with Crippen molar-refractivity contribution in [3.05, 3.63) is 17.7 Å². The number of ether oxygens (including phenoxy) is 3. The van der Waals surface area contributed by atoms with Crippen LogP contribution in [0.25, 0.3) is 0 Å². The Bertz CT molecular complexity index is 532. The Hall–Kier alpha value is -1.99. The van der Waals surface area contributed by atoms with Gasteiger partial charge in [-0.25, -0.2) is 0 Å². The summed E-state index contributed by atoms with van der Waals surface area (Å²) in [6, 6.07) is 3.40. The van der Waals surface area contributed by atoms with Crippen LogP contribution in [0.15, 0.2) is 12.1 Å². The van der Waals surface area contributed by atoms with Crippen LogP contribution in [0.1, 0.15) is 16.8 Å². The number of carbonyl (C=O) groups is 1. The highest BCUT2D eigenvalue weighted by Gasteiger charge is 2.24. The summed E-state index contributed by atoms with van der Waals surface area (Å²) in [4.78, 5) is 17.0. The number of piperazine rings is 1. The summed E-state index contributed by atoms with van der Waals surface area (Å²) in [7, 11) is 4.63. The van der Waals surface area contributed by atoms with Crippen molar-refractivity contribution in [1.82, 2.24) is 9.80 Å². The molecule has 1 saturated heterocycles. The molecule has 7 nitrogen and oxygen atoms in total. The smallest absolute Gasteiger partial charge is 0.254 e. The van der Waals surface area contributed by atoms with Gasteiger partial charge in [-0.15, -0.1) is 0 Å². The number of amides is 1. The van der Waals surface area contributed by atoms with E-state index in [-0.39, 0.29) is 5.91 Å². The van der Waals surface area contributed by atoms with Crippen LogP contribution in [-0.2, 0) is 0 Å². The van der Waals surface area contributed by atoms with Gasteiger partial charge < -0.3 is 24.8 Å². The normalized spacial score (nSPS) is 15.2. The van der Waals surface area contributed by atoms with E-state index in [9.17, 15) is 4.79 Å². The molecule has 7 heteroatoms. The summed E-state index contributed by atoms with van der Waals surface area (Å²) in [6.45, 7) is 4.85. The highest BCUT2D eigenvalue weighted by Crippen LogP contribution is 2.38. The Morgan fingerprint density at radius 2 is 1.62 bits per heavy atom. The van der Waals surface area contributed by atoms with Crippen LogP contribution >= 0.6 is 0 Å². The summed E-state index contributed by atoms with van der Waals surface area (Å²) in [5, 5.41) is 0. The second-order valence-electron chi connectivity index (χ2n) is 5.69. The van der Waals surface area contributed by atoms with Gasteiger partial charge in [-0.05, 0) is 31.6 Å². The van der Waals surface area contributed by atoms with Crippen LogP contribution in [-0.4, -0.2) is 76.3 Å². The summed E-state index contributed by atoms with van der Waals surface area (Å²) < 4.78 is 15.9. The first-order valence-electron chi connectivity index (χ1n) is 8.16. The zero-order valence-electron chi connectivity index (χ0n) is 14.7. The predicted molar refractivity (Wildman–Crippen MR) is 92.1 cm³/mol. The Morgan fingerprint density at radius 3 is 2.08 bits per heavy atom. The maximum atomic E-state index is 12.8. The van der Waals surface area contributed by atoms with Gasteiger partial charge in [-0.1, -0.05) is 0 Å². The molecular formula is C17H27N3O4. The van der Waals surface area contributed by atoms with Gasteiger partial charge in [0.2, 0.25) is 5.75 Å². The lowest BCUT2D eigenvalue weighted by molar-refractivity contribution is 0.0636. The number of carbonyl (C=O) groups excluding carboxylic acids is 1. The average molecular weight is 337 g/mol. The first-order valence-corrected chi connectivity index (χ1v) is 8.16. The molecule has 1 fully saturated rings. The highest BCUT2D eigenvalue weighted by atomic mass is 16.5. The maximum Gasteiger partial charge on any atom is 0.254 e. The average Bonchev–Trinajstić information content (AvgIpc) is 2.64. The molecule has 0 radical (unpaired) electrons. The molecule has 0 unspecified atom stereocenters. The van der Waals surface area contributed by atoms with Crippen molar-refractivity contribution in [1.29, 1.82) is 0 Å². The van der Waals surface area contributed by atoms with Crippen molar-refractivity contribution in [3.8, 4) is 17.2 Å². The number of hydrogen-bond donors (Lipinski definition) is 1. The summed E-state index contributed by atoms with van der Waals surface area (Å²) in [5.74, 6) is 1.44. The van der Waals surface area contributed by atoms with E-state index >= 15 is 0 Å². The zero-order chi connectivity index (χ0) is 17.5. The van der Waals surface area contributed by atoms with E-state index in [1.54, 1.807) is 33.5 Å². The molecule has 2 rings (SSSR count). The predicted octanol–water partition coefficient (Wildman–Crippen LogP) is 0.819. The number of nitrogens with two attached hydrogens (primary N) is 1. The van der Waals surface area contributed by atoms with Gasteiger partial charge in [0.25, 0.3) is 5.91 Å². The third-order valence-corrected chi connectivity index (χ3v) is 4.25. The Morgan fingerprint density at radius 1 is 1.04 bits per heavy atom. The minimum atomic E-state index is -0.0206. The largest absolute Gasteiger partial charge is 0.493 e. The molecule has 0 spiro atoms. The topological polar surface area (TPSA) is 77.3 Å². The van der Waals surface area contributed by atoms with Crippen LogP contribution in [0.4, 0.5) is 0 Å². The number of nitrogens with zero attached hydrogens (tertiary/aromatic N) is 2. The molecule has 0 saturated carbocycles. The van der Waals surface area contributed by atoms with Crippen LogP contribution in [0.2, 0.25) is 0 Å². The van der Waals surface area contributed by atoms with E-state index in [1.807, 2.05) is 4.90 Å². The molecule has 1 heterocycles. The number of hydrogen-bond acceptors (Lipinski definition) is 6. The molecule has 0 aromatic heterocycles. The van der Waals surface area contributed by atoms with Gasteiger partial charge in [0.05, 0.1) is 21.3 Å². The van der Waals surface area contributed by atoms with Crippen molar-refractivity contribution in [2.24, 2.45) is 5.73 Å². The van der Waals surface area contributed by atoms with Gasteiger partial charge >= 0.3 is 0 Å². The van der Waals surface area contributed by atoms with E-state index in [0.29, 0.717) is 42.4 Å².